The number of nitrogens with one attached hydrogen (secondary N) is 1. The first-order chi connectivity index (χ1) is 20.9. The van der Waals surface area contributed by atoms with Crippen molar-refractivity contribution in [3.8, 4) is 11.3 Å². The molecule has 2 aromatic carbocycles. The summed E-state index contributed by atoms with van der Waals surface area (Å²) in [5.74, 6) is 1.37. The van der Waals surface area contributed by atoms with Gasteiger partial charge in [-0.15, -0.1) is 9.53 Å². The number of thioether (sulfide) groups is 1. The normalized spacial score (nSPS) is 16.7. The van der Waals surface area contributed by atoms with Gasteiger partial charge in [-0.3, -0.25) is 18.9 Å². The standard InChI is InChI=1S/C34H39N5O3S2/c1-7-28-18-30-32(23(4)35-28)33(27-11-9-8-10-12-27)36-39(30)19-25-13-15-26(16-14-25)29-17-21(2)43-20-31(29)44(6,40,41)38-34-22(3)24(5)42-37-34/h8-16,18,21H,7,17,19-20H2,1-6H3,(H2,37,38,40,41). The third kappa shape index (κ3) is 5.74. The molecule has 1 aliphatic rings. The third-order valence-corrected chi connectivity index (χ3v) is 12.0. The van der Waals surface area contributed by atoms with Crippen molar-refractivity contribution >= 4 is 43.6 Å². The van der Waals surface area contributed by atoms with E-state index < -0.39 is 9.53 Å². The van der Waals surface area contributed by atoms with Gasteiger partial charge in [0.25, 0.3) is 0 Å². The fourth-order valence-corrected chi connectivity index (χ4v) is 9.56. The van der Waals surface area contributed by atoms with Gasteiger partial charge in [0.2, 0.25) is 0 Å². The Balaban J connectivity index is 1.37. The van der Waals surface area contributed by atoms with Crippen LogP contribution in [0.25, 0.3) is 27.7 Å². The Bertz CT molecular complexity index is 1950. The quantitative estimate of drug-likeness (QED) is 0.180. The molecular weight excluding hydrogens is 591 g/mol. The van der Waals surface area contributed by atoms with Crippen LogP contribution in [0.2, 0.25) is 0 Å². The maximum atomic E-state index is 14.3. The van der Waals surface area contributed by atoms with Gasteiger partial charge >= 0.3 is 0 Å². The van der Waals surface area contributed by atoms with Crippen molar-refractivity contribution in [2.24, 2.45) is 0 Å². The second kappa shape index (κ2) is 11.3. The summed E-state index contributed by atoms with van der Waals surface area (Å²) >= 11 is 1.69. The molecule has 1 atom stereocenters. The summed E-state index contributed by atoms with van der Waals surface area (Å²) in [5.41, 5.74) is 8.76. The molecule has 0 amide bonds. The molecule has 8 nitrogen and oxygen atoms in total. The predicted octanol–water partition coefficient (Wildman–Crippen LogP) is 7.81. The molecule has 1 aliphatic heterocycles. The van der Waals surface area contributed by atoms with Crippen molar-refractivity contribution in [2.75, 3.05) is 16.7 Å². The van der Waals surface area contributed by atoms with Gasteiger partial charge in [-0.2, -0.15) is 21.1 Å². The molecule has 0 saturated carbocycles. The minimum atomic E-state index is -4.46. The summed E-state index contributed by atoms with van der Waals surface area (Å²) in [5, 5.41) is 10.5. The van der Waals surface area contributed by atoms with E-state index in [0.717, 1.165) is 62.2 Å². The number of pyridine rings is 1. The van der Waals surface area contributed by atoms with E-state index in [1.165, 1.54) is 6.26 Å². The van der Waals surface area contributed by atoms with Gasteiger partial charge < -0.3 is 4.52 Å². The van der Waals surface area contributed by atoms with E-state index in [-0.39, 0.29) is 0 Å². The number of allylic oxidation sites excluding steroid dienone is 1. The van der Waals surface area contributed by atoms with E-state index in [1.807, 2.05) is 25.1 Å². The van der Waals surface area contributed by atoms with Gasteiger partial charge in [0.05, 0.1) is 17.0 Å². The topological polar surface area (TPSA) is 106 Å². The Morgan fingerprint density at radius 3 is 2.48 bits per heavy atom. The zero-order chi connectivity index (χ0) is 31.2. The molecule has 3 aromatic heterocycles. The van der Waals surface area contributed by atoms with E-state index in [1.54, 1.807) is 18.7 Å². The van der Waals surface area contributed by atoms with E-state index in [0.29, 0.717) is 40.5 Å². The van der Waals surface area contributed by atoms with Crippen LogP contribution >= 0.6 is 11.8 Å². The largest absolute Gasteiger partial charge is 0.359 e. The first-order valence-electron chi connectivity index (χ1n) is 14.9. The Hall–Kier alpha value is -3.73. The van der Waals surface area contributed by atoms with Crippen LogP contribution in [0.3, 0.4) is 0 Å². The van der Waals surface area contributed by atoms with Gasteiger partial charge in [-0.25, -0.2) is 0 Å². The van der Waals surface area contributed by atoms with Gasteiger partial charge in [0, 0.05) is 45.2 Å². The first kappa shape index (κ1) is 30.3. The predicted molar refractivity (Wildman–Crippen MR) is 182 cm³/mol. The molecule has 0 saturated heterocycles. The SMILES string of the molecule is CCc1cc2c(c(C)n1)c(-c1ccccc1)nn2Cc1ccc(C2=C(S(C)(=O)(O)Nc3noc(C)c3C)CSC(C)C2)cc1. The molecule has 10 heteroatoms. The smallest absolute Gasteiger partial charge is 0.190 e. The zero-order valence-corrected chi connectivity index (χ0v) is 27.7. The fraction of sp³-hybridized carbons (Fsp3) is 0.324. The van der Waals surface area contributed by atoms with E-state index >= 15 is 0 Å². The van der Waals surface area contributed by atoms with E-state index in [4.69, 9.17) is 14.6 Å². The second-order valence-corrected chi connectivity index (χ2v) is 16.5. The average molecular weight is 630 g/mol. The Kier molecular flexibility index (Phi) is 7.80. The van der Waals surface area contributed by atoms with Crippen molar-refractivity contribution in [3.63, 3.8) is 0 Å². The highest BCUT2D eigenvalue weighted by atomic mass is 32.3. The molecule has 0 radical (unpaired) electrons. The average Bonchev–Trinajstić information content (AvgIpc) is 3.52. The van der Waals surface area contributed by atoms with Crippen molar-refractivity contribution in [1.29, 1.82) is 0 Å². The number of hydrogen-bond acceptors (Lipinski definition) is 6. The summed E-state index contributed by atoms with van der Waals surface area (Å²) < 4.78 is 36.2. The molecule has 6 rings (SSSR count). The van der Waals surface area contributed by atoms with Gasteiger partial charge in [-0.1, -0.05) is 73.6 Å². The van der Waals surface area contributed by atoms with Crippen LogP contribution in [0.15, 0.2) is 70.1 Å². The summed E-state index contributed by atoms with van der Waals surface area (Å²) in [6, 6.07) is 20.7. The number of nitrogens with zero attached hydrogens (tertiary/aromatic N) is 4. The lowest BCUT2D eigenvalue weighted by molar-refractivity contribution is 0.399. The highest BCUT2D eigenvalue weighted by molar-refractivity contribution is 8.20. The molecule has 5 aromatic rings. The second-order valence-electron chi connectivity index (χ2n) is 11.8. The van der Waals surface area contributed by atoms with Crippen LogP contribution in [0.4, 0.5) is 5.82 Å². The molecule has 0 aliphatic carbocycles. The van der Waals surface area contributed by atoms with Crippen LogP contribution in [0.5, 0.6) is 0 Å². The molecule has 230 valence electrons. The molecule has 0 spiro atoms. The van der Waals surface area contributed by atoms with Gasteiger partial charge in [0.15, 0.2) is 5.82 Å². The molecular formula is C34H39N5O3S2. The maximum Gasteiger partial charge on any atom is 0.190 e. The number of aryl methyl sites for hydroxylation is 3. The number of rotatable bonds is 8. The first-order valence-corrected chi connectivity index (χ1v) is 18.3. The fourth-order valence-electron chi connectivity index (χ4n) is 5.80. The molecule has 44 heavy (non-hydrogen) atoms. The summed E-state index contributed by atoms with van der Waals surface area (Å²) in [6.07, 6.45) is 2.93. The van der Waals surface area contributed by atoms with E-state index in [9.17, 15) is 8.76 Å². The molecule has 0 fully saturated rings. The number of benzene rings is 2. The zero-order valence-electron chi connectivity index (χ0n) is 26.0. The number of anilines is 1. The van der Waals surface area contributed by atoms with Crippen LogP contribution < -0.4 is 4.72 Å². The Morgan fingerprint density at radius 2 is 1.82 bits per heavy atom. The third-order valence-electron chi connectivity index (χ3n) is 8.41. The van der Waals surface area contributed by atoms with Crippen molar-refractivity contribution in [1.82, 2.24) is 19.9 Å². The molecule has 2 N–H and O–H groups in total. The van der Waals surface area contributed by atoms with Crippen LogP contribution in [-0.2, 0) is 22.5 Å². The lowest BCUT2D eigenvalue weighted by atomic mass is 9.99. The van der Waals surface area contributed by atoms with Crippen molar-refractivity contribution < 1.29 is 13.3 Å². The number of fused-ring (bicyclic) bond motifs is 1. The molecule has 4 heterocycles. The van der Waals surface area contributed by atoms with Gasteiger partial charge in [-0.05, 0) is 56.4 Å². The Morgan fingerprint density at radius 1 is 1.09 bits per heavy atom. The van der Waals surface area contributed by atoms with Crippen molar-refractivity contribution in [3.05, 3.63) is 99.4 Å². The summed E-state index contributed by atoms with van der Waals surface area (Å²) in [7, 11) is -4.46. The summed E-state index contributed by atoms with van der Waals surface area (Å²) in [4.78, 5) is 5.36. The van der Waals surface area contributed by atoms with Crippen LogP contribution in [0, 0.1) is 20.8 Å². The molecule has 0 bridgehead atoms. The van der Waals surface area contributed by atoms with Crippen molar-refractivity contribution in [2.45, 2.75) is 59.3 Å². The van der Waals surface area contributed by atoms with Crippen LogP contribution in [-0.4, -0.2) is 45.9 Å². The lowest BCUT2D eigenvalue weighted by Gasteiger charge is -2.45. The monoisotopic (exact) mass is 629 g/mol. The highest BCUT2D eigenvalue weighted by Gasteiger charge is 2.35. The van der Waals surface area contributed by atoms with Crippen LogP contribution in [0.1, 0.15) is 54.1 Å². The minimum absolute atomic E-state index is 0.299. The minimum Gasteiger partial charge on any atom is -0.359 e. The maximum absolute atomic E-state index is 14.3. The summed E-state index contributed by atoms with van der Waals surface area (Å²) in [6.45, 7) is 10.5. The highest BCUT2D eigenvalue weighted by Crippen LogP contribution is 2.45. The lowest BCUT2D eigenvalue weighted by Crippen LogP contribution is -2.43. The Labute approximate surface area is 262 Å². The van der Waals surface area contributed by atoms with Gasteiger partial charge in [0.1, 0.15) is 11.5 Å². The molecule has 1 unspecified atom stereocenters. The van der Waals surface area contributed by atoms with E-state index in [2.05, 4.69) is 77.8 Å². The number of aromatic nitrogens is 4. The number of hydrogen-bond donors (Lipinski definition) is 2.